The second-order valence-corrected chi connectivity index (χ2v) is 15.3. The van der Waals surface area contributed by atoms with Crippen molar-refractivity contribution >= 4 is 13.8 Å². The topological polar surface area (TPSA) is 94.1 Å². The van der Waals surface area contributed by atoms with Crippen molar-refractivity contribution in [2.75, 3.05) is 54.1 Å². The first-order valence-corrected chi connectivity index (χ1v) is 21.0. The van der Waals surface area contributed by atoms with Gasteiger partial charge in [0, 0.05) is 13.0 Å². The molecule has 0 saturated heterocycles. The molecule has 0 aliphatic heterocycles. The molecule has 0 aliphatic rings. The highest BCUT2D eigenvalue weighted by atomic mass is 31.2. The summed E-state index contributed by atoms with van der Waals surface area (Å²) in [6.07, 6.45) is 40.9. The van der Waals surface area contributed by atoms with Gasteiger partial charge in [-0.15, -0.1) is 0 Å². The second-order valence-electron chi connectivity index (χ2n) is 13.9. The Bertz CT molecular complexity index is 984. The molecule has 0 bridgehead atoms. The molecule has 290 valence electrons. The Morgan fingerprint density at radius 3 is 1.66 bits per heavy atom. The number of phosphoric acid groups is 1. The SMILES string of the molecule is CC/C=C\C/C=C\C/C=C\C/C=C\C/C=C\CCCC(=O)OC(COCCCCCCCCCCCCC)COP(=O)([O-])OCC[N+](C)(C)C. The standard InChI is InChI=1S/C41H74NO7P/c1-6-8-10-12-14-16-18-19-20-21-22-23-24-26-28-30-32-34-41(43)49-40(39-48-50(44,45)47-37-35-42(3,4)5)38-46-36-33-31-29-27-25-17-15-13-11-9-7-2/h8,10,14,16,19-20,22-23,26,28,40H,6-7,9,11-13,15,17-18,21,24-25,27,29-39H2,1-5H3/b10-8-,16-14-,20-19-,23-22-,28-26-. The normalized spacial score (nSPS) is 14.6. The molecule has 9 heteroatoms. The van der Waals surface area contributed by atoms with Gasteiger partial charge in [0.15, 0.2) is 0 Å². The zero-order valence-electron chi connectivity index (χ0n) is 32.6. The summed E-state index contributed by atoms with van der Waals surface area (Å²) in [5.41, 5.74) is 0. The molecular formula is C41H74NO7P. The fourth-order valence-electron chi connectivity index (χ4n) is 4.82. The zero-order valence-corrected chi connectivity index (χ0v) is 33.5. The van der Waals surface area contributed by atoms with E-state index in [9.17, 15) is 14.3 Å². The predicted octanol–water partition coefficient (Wildman–Crippen LogP) is 10.4. The van der Waals surface area contributed by atoms with Gasteiger partial charge in [0.1, 0.15) is 19.3 Å². The van der Waals surface area contributed by atoms with Gasteiger partial charge >= 0.3 is 5.97 Å². The largest absolute Gasteiger partial charge is 0.756 e. The lowest BCUT2D eigenvalue weighted by Gasteiger charge is -2.28. The molecule has 0 radical (unpaired) electrons. The van der Waals surface area contributed by atoms with Crippen molar-refractivity contribution in [3.8, 4) is 0 Å². The van der Waals surface area contributed by atoms with E-state index < -0.39 is 19.9 Å². The minimum atomic E-state index is -4.53. The molecule has 0 aromatic carbocycles. The number of hydrogen-bond donors (Lipinski definition) is 0. The third-order valence-corrected chi connectivity index (χ3v) is 8.80. The molecule has 0 aromatic rings. The van der Waals surface area contributed by atoms with Gasteiger partial charge in [-0.2, -0.15) is 0 Å². The van der Waals surface area contributed by atoms with Crippen molar-refractivity contribution in [2.24, 2.45) is 0 Å². The van der Waals surface area contributed by atoms with Crippen LogP contribution in [0.2, 0.25) is 0 Å². The maximum absolute atomic E-state index is 12.6. The molecule has 0 saturated carbocycles. The van der Waals surface area contributed by atoms with E-state index >= 15 is 0 Å². The number of quaternary nitrogens is 1. The van der Waals surface area contributed by atoms with Crippen LogP contribution in [0.3, 0.4) is 0 Å². The van der Waals surface area contributed by atoms with Crippen molar-refractivity contribution in [3.05, 3.63) is 60.8 Å². The summed E-state index contributed by atoms with van der Waals surface area (Å²) in [5, 5.41) is 0. The fourth-order valence-corrected chi connectivity index (χ4v) is 5.54. The van der Waals surface area contributed by atoms with E-state index in [-0.39, 0.29) is 26.2 Å². The number of nitrogens with zero attached hydrogens (tertiary/aromatic N) is 1. The first-order chi connectivity index (χ1) is 24.1. The second kappa shape index (κ2) is 34.3. The molecule has 0 heterocycles. The molecule has 0 amide bonds. The zero-order chi connectivity index (χ0) is 37.0. The summed E-state index contributed by atoms with van der Waals surface area (Å²) >= 11 is 0. The summed E-state index contributed by atoms with van der Waals surface area (Å²) in [4.78, 5) is 24.9. The van der Waals surface area contributed by atoms with Crippen LogP contribution in [0.1, 0.15) is 136 Å². The highest BCUT2D eigenvalue weighted by Gasteiger charge is 2.20. The van der Waals surface area contributed by atoms with Gasteiger partial charge in [0.05, 0.1) is 34.4 Å². The minimum absolute atomic E-state index is 0.0138. The number of hydrogen-bond acceptors (Lipinski definition) is 7. The van der Waals surface area contributed by atoms with Gasteiger partial charge in [-0.1, -0.05) is 139 Å². The summed E-state index contributed by atoms with van der Waals surface area (Å²) in [7, 11) is 1.31. The lowest BCUT2D eigenvalue weighted by Crippen LogP contribution is -2.37. The number of carbonyl (C=O) groups excluding carboxylic acids is 1. The number of likely N-dealkylation sites (N-methyl/N-ethyl adjacent to an activating group) is 1. The van der Waals surface area contributed by atoms with E-state index in [0.29, 0.717) is 24.1 Å². The third-order valence-electron chi connectivity index (χ3n) is 7.83. The number of allylic oxidation sites excluding steroid dienone is 10. The van der Waals surface area contributed by atoms with Crippen LogP contribution < -0.4 is 4.89 Å². The van der Waals surface area contributed by atoms with E-state index in [2.05, 4.69) is 74.6 Å². The summed E-state index contributed by atoms with van der Waals surface area (Å²) < 4.78 is 34.4. The molecule has 0 spiro atoms. The Morgan fingerprint density at radius 1 is 0.640 bits per heavy atom. The predicted molar refractivity (Wildman–Crippen MR) is 208 cm³/mol. The molecule has 0 fully saturated rings. The van der Waals surface area contributed by atoms with Crippen molar-refractivity contribution in [1.29, 1.82) is 0 Å². The lowest BCUT2D eigenvalue weighted by atomic mass is 10.1. The van der Waals surface area contributed by atoms with Gasteiger partial charge in [-0.25, -0.2) is 0 Å². The van der Waals surface area contributed by atoms with Crippen LogP contribution in [-0.4, -0.2) is 70.7 Å². The average Bonchev–Trinajstić information content (AvgIpc) is 3.06. The molecule has 0 aliphatic carbocycles. The van der Waals surface area contributed by atoms with Crippen molar-refractivity contribution in [1.82, 2.24) is 0 Å². The Morgan fingerprint density at radius 2 is 1.14 bits per heavy atom. The van der Waals surface area contributed by atoms with E-state index in [0.717, 1.165) is 51.4 Å². The molecule has 0 N–H and O–H groups in total. The smallest absolute Gasteiger partial charge is 0.306 e. The third kappa shape index (κ3) is 37.5. The highest BCUT2D eigenvalue weighted by molar-refractivity contribution is 7.45. The molecule has 0 rings (SSSR count). The van der Waals surface area contributed by atoms with E-state index in [4.69, 9.17) is 18.5 Å². The first-order valence-electron chi connectivity index (χ1n) is 19.5. The molecule has 50 heavy (non-hydrogen) atoms. The Hall–Kier alpha value is -1.80. The van der Waals surface area contributed by atoms with E-state index in [1.54, 1.807) is 0 Å². The summed E-state index contributed by atoms with van der Waals surface area (Å²) in [6.45, 7) is 5.19. The van der Waals surface area contributed by atoms with Gasteiger partial charge < -0.3 is 27.9 Å². The van der Waals surface area contributed by atoms with Crippen LogP contribution in [0.25, 0.3) is 0 Å². The quantitative estimate of drug-likeness (QED) is 0.0211. The van der Waals surface area contributed by atoms with Crippen molar-refractivity contribution in [3.63, 3.8) is 0 Å². The van der Waals surface area contributed by atoms with Gasteiger partial charge in [0.2, 0.25) is 0 Å². The Balaban J connectivity index is 4.41. The number of esters is 1. The van der Waals surface area contributed by atoms with Crippen LogP contribution in [0.5, 0.6) is 0 Å². The Kier molecular flexibility index (Phi) is 33.1. The average molecular weight is 724 g/mol. The lowest BCUT2D eigenvalue weighted by molar-refractivity contribution is -0.870. The summed E-state index contributed by atoms with van der Waals surface area (Å²) in [6, 6.07) is 0. The van der Waals surface area contributed by atoms with Crippen LogP contribution in [-0.2, 0) is 27.9 Å². The Labute approximate surface area is 307 Å². The number of rotatable bonds is 35. The number of ether oxygens (including phenoxy) is 2. The molecular weight excluding hydrogens is 649 g/mol. The van der Waals surface area contributed by atoms with Crippen LogP contribution >= 0.6 is 7.82 Å². The maximum atomic E-state index is 12.6. The van der Waals surface area contributed by atoms with E-state index in [1.165, 1.54) is 57.8 Å². The van der Waals surface area contributed by atoms with Crippen LogP contribution in [0.15, 0.2) is 60.8 Å². The number of phosphoric ester groups is 1. The first kappa shape index (κ1) is 48.2. The number of unbranched alkanes of at least 4 members (excludes halogenated alkanes) is 11. The van der Waals surface area contributed by atoms with Gasteiger partial charge in [-0.3, -0.25) is 9.36 Å². The van der Waals surface area contributed by atoms with Gasteiger partial charge in [0.25, 0.3) is 7.82 Å². The maximum Gasteiger partial charge on any atom is 0.306 e. The molecule has 2 unspecified atom stereocenters. The van der Waals surface area contributed by atoms with Gasteiger partial charge in [-0.05, 0) is 51.4 Å². The highest BCUT2D eigenvalue weighted by Crippen LogP contribution is 2.38. The van der Waals surface area contributed by atoms with Crippen LogP contribution in [0, 0.1) is 0 Å². The van der Waals surface area contributed by atoms with Crippen molar-refractivity contribution < 1.29 is 37.3 Å². The number of carbonyl (C=O) groups is 1. The van der Waals surface area contributed by atoms with Crippen LogP contribution in [0.4, 0.5) is 0 Å². The minimum Gasteiger partial charge on any atom is -0.756 e. The van der Waals surface area contributed by atoms with E-state index in [1.807, 2.05) is 21.1 Å². The summed E-state index contributed by atoms with van der Waals surface area (Å²) in [5.74, 6) is -0.393. The molecule has 0 aromatic heterocycles. The monoisotopic (exact) mass is 724 g/mol. The molecule has 8 nitrogen and oxygen atoms in total. The fraction of sp³-hybridized carbons (Fsp3) is 0.732. The molecule has 2 atom stereocenters. The van der Waals surface area contributed by atoms with Crippen molar-refractivity contribution in [2.45, 2.75) is 142 Å².